The Morgan fingerprint density at radius 3 is 2.50 bits per heavy atom. The zero-order valence-electron chi connectivity index (χ0n) is 8.55. The molecule has 0 saturated carbocycles. The Hall–Kier alpha value is -0.820. The van der Waals surface area contributed by atoms with E-state index >= 15 is 0 Å². The van der Waals surface area contributed by atoms with Gasteiger partial charge in [0.2, 0.25) is 0 Å². The summed E-state index contributed by atoms with van der Waals surface area (Å²) < 4.78 is 0. The number of hydrogen-bond acceptors (Lipinski definition) is 1. The Labute approximate surface area is 85.5 Å². The van der Waals surface area contributed by atoms with Crippen LogP contribution in [0.15, 0.2) is 18.2 Å². The van der Waals surface area contributed by atoms with Crippen LogP contribution in [0.4, 0.5) is 0 Å². The van der Waals surface area contributed by atoms with Crippen LogP contribution in [-0.4, -0.2) is 13.1 Å². The summed E-state index contributed by atoms with van der Waals surface area (Å²) in [5.74, 6) is 0.794. The number of fused-ring (bicyclic) bond motifs is 1. The largest absolute Gasteiger partial charge is 0.315 e. The zero-order valence-corrected chi connectivity index (χ0v) is 8.55. The molecule has 0 spiro atoms. The first-order valence-electron chi connectivity index (χ1n) is 5.76. The van der Waals surface area contributed by atoms with E-state index in [9.17, 15) is 0 Å². The van der Waals surface area contributed by atoms with Crippen molar-refractivity contribution in [3.05, 3.63) is 34.9 Å². The van der Waals surface area contributed by atoms with Crippen LogP contribution >= 0.6 is 0 Å². The highest BCUT2D eigenvalue weighted by Crippen LogP contribution is 2.26. The summed E-state index contributed by atoms with van der Waals surface area (Å²) in [5, 5.41) is 3.34. The third kappa shape index (κ3) is 1.36. The molecule has 1 N–H and O–H groups in total. The van der Waals surface area contributed by atoms with E-state index in [1.807, 2.05) is 0 Å². The molecular weight excluding hydrogens is 170 g/mol. The van der Waals surface area contributed by atoms with Gasteiger partial charge >= 0.3 is 0 Å². The number of rotatable bonds is 1. The summed E-state index contributed by atoms with van der Waals surface area (Å²) in [7, 11) is 0. The van der Waals surface area contributed by atoms with Crippen molar-refractivity contribution in [3.8, 4) is 0 Å². The van der Waals surface area contributed by atoms with Crippen molar-refractivity contribution >= 4 is 0 Å². The minimum atomic E-state index is 0.794. The van der Waals surface area contributed by atoms with Gasteiger partial charge in [-0.3, -0.25) is 0 Å². The van der Waals surface area contributed by atoms with Gasteiger partial charge in [0.15, 0.2) is 0 Å². The molecule has 1 heteroatoms. The van der Waals surface area contributed by atoms with E-state index in [4.69, 9.17) is 0 Å². The van der Waals surface area contributed by atoms with Gasteiger partial charge in [-0.15, -0.1) is 0 Å². The molecule has 1 nitrogen and oxygen atoms in total. The zero-order chi connectivity index (χ0) is 9.38. The molecule has 0 radical (unpaired) electrons. The van der Waals surface area contributed by atoms with E-state index in [2.05, 4.69) is 23.5 Å². The van der Waals surface area contributed by atoms with Gasteiger partial charge in [-0.1, -0.05) is 18.2 Å². The second-order valence-electron chi connectivity index (χ2n) is 4.59. The first kappa shape index (κ1) is 8.49. The van der Waals surface area contributed by atoms with Crippen LogP contribution in [0.3, 0.4) is 0 Å². The maximum absolute atomic E-state index is 3.34. The summed E-state index contributed by atoms with van der Waals surface area (Å²) in [4.78, 5) is 0. The summed E-state index contributed by atoms with van der Waals surface area (Å²) >= 11 is 0. The lowest BCUT2D eigenvalue weighted by Crippen LogP contribution is -2.39. The monoisotopic (exact) mass is 187 g/mol. The van der Waals surface area contributed by atoms with Crippen molar-refractivity contribution in [1.82, 2.24) is 5.32 Å². The van der Waals surface area contributed by atoms with Gasteiger partial charge in [0.25, 0.3) is 0 Å². The van der Waals surface area contributed by atoms with Crippen molar-refractivity contribution in [1.29, 1.82) is 0 Å². The third-order valence-electron chi connectivity index (χ3n) is 3.63. The molecule has 1 aromatic rings. The molecule has 3 rings (SSSR count). The molecule has 2 aliphatic rings. The minimum absolute atomic E-state index is 0.794. The molecule has 1 aliphatic heterocycles. The number of benzene rings is 1. The molecular formula is C13H17N. The standard InChI is InChI=1S/C13H17N/c1-2-4-11-7-12(13-8-14-9-13)6-5-10(11)3-1/h5-7,13-14H,1-4,8-9H2. The van der Waals surface area contributed by atoms with Crippen molar-refractivity contribution < 1.29 is 0 Å². The predicted octanol–water partition coefficient (Wildman–Crippen LogP) is 2.25. The number of nitrogens with one attached hydrogen (secondary N) is 1. The SMILES string of the molecule is c1cc2c(cc1C1CNC1)CCCC2. The molecule has 1 aliphatic carbocycles. The lowest BCUT2D eigenvalue weighted by molar-refractivity contribution is 0.448. The van der Waals surface area contributed by atoms with Gasteiger partial charge in [-0.05, 0) is 42.4 Å². The van der Waals surface area contributed by atoms with Gasteiger partial charge in [0.1, 0.15) is 0 Å². The summed E-state index contributed by atoms with van der Waals surface area (Å²) in [6.07, 6.45) is 5.39. The highest BCUT2D eigenvalue weighted by atomic mass is 14.9. The Balaban J connectivity index is 1.92. The van der Waals surface area contributed by atoms with Crippen LogP contribution < -0.4 is 5.32 Å². The Kier molecular flexibility index (Phi) is 2.06. The van der Waals surface area contributed by atoms with Crippen LogP contribution in [0.25, 0.3) is 0 Å². The predicted molar refractivity (Wildman–Crippen MR) is 58.7 cm³/mol. The van der Waals surface area contributed by atoms with E-state index in [0.29, 0.717) is 0 Å². The Morgan fingerprint density at radius 2 is 1.79 bits per heavy atom. The molecule has 0 aromatic heterocycles. The second-order valence-corrected chi connectivity index (χ2v) is 4.59. The van der Waals surface area contributed by atoms with Gasteiger partial charge in [0, 0.05) is 19.0 Å². The Morgan fingerprint density at radius 1 is 1.00 bits per heavy atom. The molecule has 0 unspecified atom stereocenters. The van der Waals surface area contributed by atoms with E-state index in [1.165, 1.54) is 38.8 Å². The molecule has 0 atom stereocenters. The van der Waals surface area contributed by atoms with E-state index in [1.54, 1.807) is 16.7 Å². The van der Waals surface area contributed by atoms with E-state index in [0.717, 1.165) is 5.92 Å². The summed E-state index contributed by atoms with van der Waals surface area (Å²) in [6.45, 7) is 2.36. The smallest absolute Gasteiger partial charge is 0.00886 e. The van der Waals surface area contributed by atoms with Crippen LogP contribution in [0.5, 0.6) is 0 Å². The van der Waals surface area contributed by atoms with Gasteiger partial charge in [-0.25, -0.2) is 0 Å². The molecule has 0 bridgehead atoms. The quantitative estimate of drug-likeness (QED) is 0.711. The fourth-order valence-corrected chi connectivity index (χ4v) is 2.53. The van der Waals surface area contributed by atoms with Gasteiger partial charge in [-0.2, -0.15) is 0 Å². The topological polar surface area (TPSA) is 12.0 Å². The first-order chi connectivity index (χ1) is 6.93. The van der Waals surface area contributed by atoms with E-state index < -0.39 is 0 Å². The summed E-state index contributed by atoms with van der Waals surface area (Å²) in [5.41, 5.74) is 4.79. The van der Waals surface area contributed by atoms with Crippen molar-refractivity contribution in [2.45, 2.75) is 31.6 Å². The maximum atomic E-state index is 3.34. The fourth-order valence-electron chi connectivity index (χ4n) is 2.53. The lowest BCUT2D eigenvalue weighted by Gasteiger charge is -2.29. The van der Waals surface area contributed by atoms with Crippen LogP contribution in [0, 0.1) is 0 Å². The molecule has 0 amide bonds. The molecule has 1 saturated heterocycles. The van der Waals surface area contributed by atoms with Gasteiger partial charge in [0.05, 0.1) is 0 Å². The average Bonchev–Trinajstić information content (AvgIpc) is 2.15. The minimum Gasteiger partial charge on any atom is -0.315 e. The van der Waals surface area contributed by atoms with Crippen molar-refractivity contribution in [2.75, 3.05) is 13.1 Å². The molecule has 1 heterocycles. The highest BCUT2D eigenvalue weighted by Gasteiger charge is 2.20. The van der Waals surface area contributed by atoms with Crippen LogP contribution in [0.1, 0.15) is 35.4 Å². The third-order valence-corrected chi connectivity index (χ3v) is 3.63. The Bertz CT molecular complexity index is 339. The maximum Gasteiger partial charge on any atom is 0.00886 e. The lowest BCUT2D eigenvalue weighted by atomic mass is 9.86. The number of hydrogen-bond donors (Lipinski definition) is 1. The molecule has 1 aromatic carbocycles. The molecule has 1 fully saturated rings. The van der Waals surface area contributed by atoms with E-state index in [-0.39, 0.29) is 0 Å². The summed E-state index contributed by atoms with van der Waals surface area (Å²) in [6, 6.07) is 7.16. The van der Waals surface area contributed by atoms with Crippen molar-refractivity contribution in [2.24, 2.45) is 0 Å². The first-order valence-corrected chi connectivity index (χ1v) is 5.76. The van der Waals surface area contributed by atoms with Gasteiger partial charge < -0.3 is 5.32 Å². The molecule has 74 valence electrons. The average molecular weight is 187 g/mol. The second kappa shape index (κ2) is 3.39. The number of aryl methyl sites for hydroxylation is 2. The van der Waals surface area contributed by atoms with Crippen molar-refractivity contribution in [3.63, 3.8) is 0 Å². The normalized spacial score (nSPS) is 21.4. The molecule has 14 heavy (non-hydrogen) atoms. The fraction of sp³-hybridized carbons (Fsp3) is 0.538. The van der Waals surface area contributed by atoms with Crippen LogP contribution in [-0.2, 0) is 12.8 Å². The highest BCUT2D eigenvalue weighted by molar-refractivity contribution is 5.36. The van der Waals surface area contributed by atoms with Crippen LogP contribution in [0.2, 0.25) is 0 Å².